The highest BCUT2D eigenvalue weighted by Crippen LogP contribution is 2.50. The monoisotopic (exact) mass is 456 g/mol. The molecule has 0 fully saturated rings. The second-order valence-corrected chi connectivity index (χ2v) is 9.43. The molecule has 1 heterocycles. The van der Waals surface area contributed by atoms with Gasteiger partial charge in [-0.1, -0.05) is 59.9 Å². The number of thiophene rings is 1. The summed E-state index contributed by atoms with van der Waals surface area (Å²) in [4.78, 5) is 2.51. The molecule has 0 radical (unpaired) electrons. The Morgan fingerprint density at radius 2 is 1.00 bits per heavy atom. The molecule has 1 aromatic heterocycles. The van der Waals surface area contributed by atoms with Gasteiger partial charge < -0.3 is 0 Å². The summed E-state index contributed by atoms with van der Waals surface area (Å²) in [5.41, 5.74) is 0. The molecule has 5 heteroatoms. The molecule has 0 N–H and O–H groups in total. The van der Waals surface area contributed by atoms with Gasteiger partial charge in [0, 0.05) is 9.79 Å². The van der Waals surface area contributed by atoms with Crippen LogP contribution >= 0.6 is 66.7 Å². The van der Waals surface area contributed by atoms with Crippen molar-refractivity contribution in [1.82, 2.24) is 0 Å². The van der Waals surface area contributed by atoms with E-state index in [0.29, 0.717) is 0 Å². The molecule has 106 valence electrons. The summed E-state index contributed by atoms with van der Waals surface area (Å²) >= 11 is 12.8. The number of hydrogen-bond acceptors (Lipinski definition) is 3. The summed E-state index contributed by atoms with van der Waals surface area (Å²) in [6.07, 6.45) is 0. The Kier molecular flexibility index (Phi) is 5.51. The molecule has 0 atom stereocenters. The summed E-state index contributed by atoms with van der Waals surface area (Å²) in [6, 6.07) is 20.9. The molecule has 0 saturated carbocycles. The molecule has 0 aliphatic rings. The lowest BCUT2D eigenvalue weighted by Crippen LogP contribution is -1.69. The van der Waals surface area contributed by atoms with Crippen LogP contribution in [-0.2, 0) is 0 Å². The Morgan fingerprint density at radius 3 is 1.38 bits per heavy atom. The Morgan fingerprint density at radius 1 is 0.619 bits per heavy atom. The molecular formula is C16H10Br2S3. The van der Waals surface area contributed by atoms with Crippen molar-refractivity contribution in [3.8, 4) is 0 Å². The predicted molar refractivity (Wildman–Crippen MR) is 101 cm³/mol. The molecule has 3 aromatic rings. The minimum absolute atomic E-state index is 1.14. The lowest BCUT2D eigenvalue weighted by atomic mass is 10.4. The molecule has 0 amide bonds. The first kappa shape index (κ1) is 15.7. The zero-order valence-electron chi connectivity index (χ0n) is 10.8. The van der Waals surface area contributed by atoms with Gasteiger partial charge in [-0.15, -0.1) is 11.3 Å². The Bertz CT molecular complexity index is 662. The Hall–Kier alpha value is -0.200. The van der Waals surface area contributed by atoms with Crippen molar-refractivity contribution in [2.75, 3.05) is 0 Å². The van der Waals surface area contributed by atoms with Gasteiger partial charge in [0.25, 0.3) is 0 Å². The van der Waals surface area contributed by atoms with Gasteiger partial charge in [-0.05, 0) is 56.1 Å². The van der Waals surface area contributed by atoms with E-state index in [-0.39, 0.29) is 0 Å². The molecule has 21 heavy (non-hydrogen) atoms. The summed E-state index contributed by atoms with van der Waals surface area (Å²) in [7, 11) is 0. The zero-order valence-corrected chi connectivity index (χ0v) is 16.4. The van der Waals surface area contributed by atoms with Gasteiger partial charge in [-0.3, -0.25) is 0 Å². The SMILES string of the molecule is Brc1c(Sc2ccccc2)sc(Sc2ccccc2)c1Br. The molecule has 0 nitrogen and oxygen atoms in total. The Labute approximate surface area is 153 Å². The molecular weight excluding hydrogens is 448 g/mol. The largest absolute Gasteiger partial charge is 0.119 e. The van der Waals surface area contributed by atoms with Crippen molar-refractivity contribution < 1.29 is 0 Å². The van der Waals surface area contributed by atoms with Crippen LogP contribution in [0, 0.1) is 0 Å². The molecule has 0 unspecified atom stereocenters. The number of benzene rings is 2. The van der Waals surface area contributed by atoms with E-state index in [2.05, 4.69) is 80.4 Å². The van der Waals surface area contributed by atoms with Crippen molar-refractivity contribution in [3.63, 3.8) is 0 Å². The first-order chi connectivity index (χ1) is 10.2. The molecule has 0 bridgehead atoms. The van der Waals surface area contributed by atoms with Crippen molar-refractivity contribution >= 4 is 66.7 Å². The van der Waals surface area contributed by atoms with Gasteiger partial charge in [0.15, 0.2) is 0 Å². The van der Waals surface area contributed by atoms with Crippen molar-refractivity contribution in [2.24, 2.45) is 0 Å². The average Bonchev–Trinajstić information content (AvgIpc) is 2.78. The van der Waals surface area contributed by atoms with E-state index in [9.17, 15) is 0 Å². The maximum absolute atomic E-state index is 3.70. The summed E-state index contributed by atoms with van der Waals surface area (Å²) < 4.78 is 4.82. The summed E-state index contributed by atoms with van der Waals surface area (Å²) in [5, 5.41) is 0. The first-order valence-corrected chi connectivity index (χ1v) is 10.2. The second-order valence-electron chi connectivity index (χ2n) is 4.14. The van der Waals surface area contributed by atoms with Crippen LogP contribution in [0.5, 0.6) is 0 Å². The van der Waals surface area contributed by atoms with Crippen molar-refractivity contribution in [2.45, 2.75) is 18.2 Å². The maximum atomic E-state index is 3.70. The highest BCUT2D eigenvalue weighted by Gasteiger charge is 2.16. The smallest absolute Gasteiger partial charge is 0.0812 e. The lowest BCUT2D eigenvalue weighted by Gasteiger charge is -1.98. The molecule has 0 aliphatic carbocycles. The highest BCUT2D eigenvalue weighted by atomic mass is 79.9. The van der Waals surface area contributed by atoms with Gasteiger partial charge in [0.05, 0.1) is 17.4 Å². The average molecular weight is 458 g/mol. The fourth-order valence-corrected chi connectivity index (χ4v) is 7.09. The minimum atomic E-state index is 1.14. The molecule has 0 spiro atoms. The van der Waals surface area contributed by atoms with Crippen LogP contribution in [0.25, 0.3) is 0 Å². The standard InChI is InChI=1S/C16H10Br2S3/c17-13-14(18)16(20-12-9-5-2-6-10-12)21-15(13)19-11-7-3-1-4-8-11/h1-10H. The first-order valence-electron chi connectivity index (χ1n) is 6.17. The van der Waals surface area contributed by atoms with Crippen molar-refractivity contribution in [1.29, 1.82) is 0 Å². The number of halogens is 2. The normalized spacial score (nSPS) is 10.8. The van der Waals surface area contributed by atoms with Crippen LogP contribution in [-0.4, -0.2) is 0 Å². The number of rotatable bonds is 4. The van der Waals surface area contributed by atoms with Crippen LogP contribution in [0.1, 0.15) is 0 Å². The van der Waals surface area contributed by atoms with Crippen LogP contribution in [0.2, 0.25) is 0 Å². The fraction of sp³-hybridized carbons (Fsp3) is 0. The van der Waals surface area contributed by atoms with Gasteiger partial charge in [-0.2, -0.15) is 0 Å². The molecule has 2 aromatic carbocycles. The van der Waals surface area contributed by atoms with Crippen LogP contribution in [0.15, 0.2) is 87.8 Å². The van der Waals surface area contributed by atoms with Crippen LogP contribution in [0.4, 0.5) is 0 Å². The summed E-state index contributed by atoms with van der Waals surface area (Å²) in [6.45, 7) is 0. The van der Waals surface area contributed by atoms with E-state index in [4.69, 9.17) is 0 Å². The third-order valence-corrected chi connectivity index (χ3v) is 9.39. The van der Waals surface area contributed by atoms with Gasteiger partial charge in [0.1, 0.15) is 0 Å². The molecule has 0 aliphatic heterocycles. The quantitative estimate of drug-likeness (QED) is 0.396. The zero-order chi connectivity index (χ0) is 14.7. The number of hydrogen-bond donors (Lipinski definition) is 0. The Balaban J connectivity index is 1.85. The van der Waals surface area contributed by atoms with E-state index in [1.165, 1.54) is 18.2 Å². The van der Waals surface area contributed by atoms with Gasteiger partial charge >= 0.3 is 0 Å². The predicted octanol–water partition coefficient (Wildman–Crippen LogP) is 7.58. The third-order valence-electron chi connectivity index (χ3n) is 2.64. The van der Waals surface area contributed by atoms with E-state index in [0.717, 1.165) is 8.95 Å². The van der Waals surface area contributed by atoms with Crippen LogP contribution in [0.3, 0.4) is 0 Å². The van der Waals surface area contributed by atoms with Gasteiger partial charge in [-0.25, -0.2) is 0 Å². The van der Waals surface area contributed by atoms with Crippen molar-refractivity contribution in [3.05, 3.63) is 69.6 Å². The van der Waals surface area contributed by atoms with E-state index >= 15 is 0 Å². The van der Waals surface area contributed by atoms with Crippen LogP contribution < -0.4 is 0 Å². The van der Waals surface area contributed by atoms with Gasteiger partial charge in [0.2, 0.25) is 0 Å². The second kappa shape index (κ2) is 7.38. The molecule has 3 rings (SSSR count). The third kappa shape index (κ3) is 3.96. The lowest BCUT2D eigenvalue weighted by molar-refractivity contribution is 1.43. The van der Waals surface area contributed by atoms with E-state index in [1.807, 2.05) is 23.5 Å². The topological polar surface area (TPSA) is 0 Å². The van der Waals surface area contributed by atoms with E-state index in [1.54, 1.807) is 23.5 Å². The maximum Gasteiger partial charge on any atom is 0.0812 e. The highest BCUT2D eigenvalue weighted by molar-refractivity contribution is 9.13. The molecule has 0 saturated heterocycles. The minimum Gasteiger partial charge on any atom is -0.119 e. The fourth-order valence-electron chi connectivity index (χ4n) is 1.68. The van der Waals surface area contributed by atoms with E-state index < -0.39 is 0 Å². The summed E-state index contributed by atoms with van der Waals surface area (Å²) in [5.74, 6) is 0.